The summed E-state index contributed by atoms with van der Waals surface area (Å²) in [6.45, 7) is 4.77. The van der Waals surface area contributed by atoms with Crippen LogP contribution in [0, 0.1) is 0 Å². The highest BCUT2D eigenvalue weighted by molar-refractivity contribution is 6.32. The SMILES string of the molecule is CCC(C)(CCO)NC(=O)c1cc(Cl)c2c(c1)OCCO2. The highest BCUT2D eigenvalue weighted by Crippen LogP contribution is 2.38. The number of carbonyl (C=O) groups is 1. The second-order valence-electron chi connectivity index (χ2n) is 5.32. The van der Waals surface area contributed by atoms with Crippen LogP contribution in [-0.2, 0) is 0 Å². The third kappa shape index (κ3) is 3.60. The van der Waals surface area contributed by atoms with E-state index in [4.69, 9.17) is 26.2 Å². The third-order valence-corrected chi connectivity index (χ3v) is 4.00. The minimum atomic E-state index is -0.453. The summed E-state index contributed by atoms with van der Waals surface area (Å²) in [7, 11) is 0. The number of aliphatic hydroxyl groups excluding tert-OH is 1. The molecule has 1 heterocycles. The Bertz CT molecular complexity index is 535. The maximum Gasteiger partial charge on any atom is 0.251 e. The first-order valence-corrected chi connectivity index (χ1v) is 7.39. The van der Waals surface area contributed by atoms with Crippen LogP contribution in [0.5, 0.6) is 11.5 Å². The zero-order valence-corrected chi connectivity index (χ0v) is 13.0. The van der Waals surface area contributed by atoms with Gasteiger partial charge < -0.3 is 19.9 Å². The molecular formula is C15H20ClNO4. The van der Waals surface area contributed by atoms with Crippen LogP contribution >= 0.6 is 11.6 Å². The molecule has 1 amide bonds. The first kappa shape index (κ1) is 15.9. The van der Waals surface area contributed by atoms with Crippen LogP contribution < -0.4 is 14.8 Å². The molecule has 2 N–H and O–H groups in total. The van der Waals surface area contributed by atoms with E-state index in [0.717, 1.165) is 6.42 Å². The van der Waals surface area contributed by atoms with E-state index in [1.807, 2.05) is 13.8 Å². The molecule has 0 aliphatic carbocycles. The standard InChI is InChI=1S/C15H20ClNO4/c1-3-15(2,4-5-18)17-14(19)10-8-11(16)13-12(9-10)20-6-7-21-13/h8-9,18H,3-7H2,1-2H3,(H,17,19). The van der Waals surface area contributed by atoms with Crippen molar-refractivity contribution in [3.8, 4) is 11.5 Å². The minimum absolute atomic E-state index is 0.0204. The van der Waals surface area contributed by atoms with Gasteiger partial charge >= 0.3 is 0 Å². The van der Waals surface area contributed by atoms with Gasteiger partial charge in [0.1, 0.15) is 13.2 Å². The maximum absolute atomic E-state index is 12.4. The van der Waals surface area contributed by atoms with Crippen LogP contribution in [0.2, 0.25) is 5.02 Å². The zero-order valence-electron chi connectivity index (χ0n) is 12.2. The Labute approximate surface area is 129 Å². The second kappa shape index (κ2) is 6.54. The summed E-state index contributed by atoms with van der Waals surface area (Å²) < 4.78 is 10.9. The van der Waals surface area contributed by atoms with Crippen molar-refractivity contribution in [3.05, 3.63) is 22.7 Å². The summed E-state index contributed by atoms with van der Waals surface area (Å²) in [5.41, 5.74) is -0.0344. The largest absolute Gasteiger partial charge is 0.486 e. The minimum Gasteiger partial charge on any atom is -0.486 e. The monoisotopic (exact) mass is 313 g/mol. The molecule has 6 heteroatoms. The fourth-order valence-electron chi connectivity index (χ4n) is 2.16. The molecule has 1 aliphatic rings. The quantitative estimate of drug-likeness (QED) is 0.876. The number of hydrogen-bond donors (Lipinski definition) is 2. The molecule has 0 saturated carbocycles. The molecule has 116 valence electrons. The second-order valence-corrected chi connectivity index (χ2v) is 5.73. The average Bonchev–Trinajstić information content (AvgIpc) is 2.47. The normalized spacial score (nSPS) is 16.2. The van der Waals surface area contributed by atoms with Crippen molar-refractivity contribution in [2.75, 3.05) is 19.8 Å². The van der Waals surface area contributed by atoms with Crippen molar-refractivity contribution >= 4 is 17.5 Å². The summed E-state index contributed by atoms with van der Waals surface area (Å²) in [6.07, 6.45) is 1.21. The molecule has 0 bridgehead atoms. The van der Waals surface area contributed by atoms with E-state index in [2.05, 4.69) is 5.32 Å². The summed E-state index contributed by atoms with van der Waals surface area (Å²) in [5.74, 6) is 0.721. The van der Waals surface area contributed by atoms with Crippen LogP contribution in [0.3, 0.4) is 0 Å². The van der Waals surface area contributed by atoms with Crippen molar-refractivity contribution < 1.29 is 19.4 Å². The molecule has 0 radical (unpaired) electrons. The van der Waals surface area contributed by atoms with Gasteiger partial charge in [0, 0.05) is 17.7 Å². The fraction of sp³-hybridized carbons (Fsp3) is 0.533. The number of aliphatic hydroxyl groups is 1. The molecule has 1 atom stereocenters. The lowest BCUT2D eigenvalue weighted by Crippen LogP contribution is -2.46. The van der Waals surface area contributed by atoms with E-state index in [1.54, 1.807) is 12.1 Å². The Kier molecular flexibility index (Phi) is 4.96. The number of amides is 1. The van der Waals surface area contributed by atoms with Gasteiger partial charge in [0.15, 0.2) is 11.5 Å². The first-order valence-electron chi connectivity index (χ1n) is 7.01. The Hall–Kier alpha value is -1.46. The lowest BCUT2D eigenvalue weighted by atomic mass is 9.94. The zero-order chi connectivity index (χ0) is 15.5. The molecule has 1 aromatic rings. The Morgan fingerprint density at radius 2 is 2.14 bits per heavy atom. The van der Waals surface area contributed by atoms with Gasteiger partial charge in [0.05, 0.1) is 5.02 Å². The molecule has 2 rings (SSSR count). The summed E-state index contributed by atoms with van der Waals surface area (Å²) in [4.78, 5) is 12.4. The molecule has 0 aromatic heterocycles. The van der Waals surface area contributed by atoms with E-state index in [0.29, 0.717) is 41.7 Å². The summed E-state index contributed by atoms with van der Waals surface area (Å²) >= 11 is 6.13. The van der Waals surface area contributed by atoms with Gasteiger partial charge in [-0.2, -0.15) is 0 Å². The van der Waals surface area contributed by atoms with Gasteiger partial charge in [-0.25, -0.2) is 0 Å². The smallest absolute Gasteiger partial charge is 0.251 e. The lowest BCUT2D eigenvalue weighted by molar-refractivity contribution is 0.0885. The lowest BCUT2D eigenvalue weighted by Gasteiger charge is -2.29. The van der Waals surface area contributed by atoms with Crippen LogP contribution in [0.4, 0.5) is 0 Å². The van der Waals surface area contributed by atoms with Crippen molar-refractivity contribution in [1.29, 1.82) is 0 Å². The maximum atomic E-state index is 12.4. The van der Waals surface area contributed by atoms with Crippen molar-refractivity contribution in [2.45, 2.75) is 32.2 Å². The molecule has 1 unspecified atom stereocenters. The molecule has 0 spiro atoms. The molecule has 1 aliphatic heterocycles. The molecular weight excluding hydrogens is 294 g/mol. The van der Waals surface area contributed by atoms with Crippen LogP contribution in [0.25, 0.3) is 0 Å². The van der Waals surface area contributed by atoms with Gasteiger partial charge in [0.2, 0.25) is 0 Å². The van der Waals surface area contributed by atoms with E-state index in [9.17, 15) is 4.79 Å². The number of ether oxygens (including phenoxy) is 2. The Morgan fingerprint density at radius 1 is 1.43 bits per heavy atom. The Balaban J connectivity index is 2.21. The Morgan fingerprint density at radius 3 is 2.81 bits per heavy atom. The fourth-order valence-corrected chi connectivity index (χ4v) is 2.43. The van der Waals surface area contributed by atoms with Gasteiger partial charge in [0.25, 0.3) is 5.91 Å². The van der Waals surface area contributed by atoms with Crippen molar-refractivity contribution in [1.82, 2.24) is 5.32 Å². The number of benzene rings is 1. The number of hydrogen-bond acceptors (Lipinski definition) is 4. The van der Waals surface area contributed by atoms with E-state index < -0.39 is 5.54 Å². The summed E-state index contributed by atoms with van der Waals surface area (Å²) in [6, 6.07) is 3.20. The van der Waals surface area contributed by atoms with E-state index in [1.165, 1.54) is 0 Å². The van der Waals surface area contributed by atoms with Gasteiger partial charge in [-0.3, -0.25) is 4.79 Å². The molecule has 5 nitrogen and oxygen atoms in total. The van der Waals surface area contributed by atoms with Crippen molar-refractivity contribution in [2.24, 2.45) is 0 Å². The third-order valence-electron chi connectivity index (χ3n) is 3.72. The van der Waals surface area contributed by atoms with E-state index >= 15 is 0 Å². The number of halogens is 1. The first-order chi connectivity index (χ1) is 9.99. The van der Waals surface area contributed by atoms with Gasteiger partial charge in [-0.1, -0.05) is 18.5 Å². The highest BCUT2D eigenvalue weighted by Gasteiger charge is 2.26. The molecule has 21 heavy (non-hydrogen) atoms. The van der Waals surface area contributed by atoms with Gasteiger partial charge in [-0.05, 0) is 31.9 Å². The molecule has 1 aromatic carbocycles. The molecule has 0 saturated heterocycles. The predicted molar refractivity (Wildman–Crippen MR) is 80.3 cm³/mol. The average molecular weight is 314 g/mol. The number of rotatable bonds is 5. The predicted octanol–water partition coefficient (Wildman–Crippen LogP) is 2.39. The van der Waals surface area contributed by atoms with Crippen LogP contribution in [0.15, 0.2) is 12.1 Å². The van der Waals surface area contributed by atoms with Crippen LogP contribution in [-0.4, -0.2) is 36.4 Å². The van der Waals surface area contributed by atoms with Crippen LogP contribution in [0.1, 0.15) is 37.0 Å². The number of nitrogens with one attached hydrogen (secondary N) is 1. The van der Waals surface area contributed by atoms with Crippen molar-refractivity contribution in [3.63, 3.8) is 0 Å². The van der Waals surface area contributed by atoms with E-state index in [-0.39, 0.29) is 12.5 Å². The topological polar surface area (TPSA) is 67.8 Å². The van der Waals surface area contributed by atoms with Gasteiger partial charge in [-0.15, -0.1) is 0 Å². The molecule has 0 fully saturated rings. The summed E-state index contributed by atoms with van der Waals surface area (Å²) in [5, 5.41) is 12.4. The number of carbonyl (C=O) groups excluding carboxylic acids is 1. The highest BCUT2D eigenvalue weighted by atomic mass is 35.5. The number of fused-ring (bicyclic) bond motifs is 1.